The topological polar surface area (TPSA) is 32.8 Å². The molecular weight excluding hydrogens is 324 g/mol. The number of likely N-dealkylation sites (N-methyl/N-ethyl adjacent to an activating group) is 1. The van der Waals surface area contributed by atoms with Crippen LogP contribution in [0.4, 0.5) is 5.69 Å². The van der Waals surface area contributed by atoms with Gasteiger partial charge in [0.25, 0.3) is 0 Å². The maximum absolute atomic E-state index is 12.6. The first-order valence-electron chi connectivity index (χ1n) is 9.45. The van der Waals surface area contributed by atoms with Gasteiger partial charge in [-0.15, -0.1) is 0 Å². The maximum atomic E-state index is 12.6. The van der Waals surface area contributed by atoms with Crippen molar-refractivity contribution in [1.29, 1.82) is 0 Å². The average Bonchev–Trinajstić information content (AvgIpc) is 2.72. The Morgan fingerprint density at radius 3 is 2.31 bits per heavy atom. The molecule has 0 N–H and O–H groups in total. The molecule has 1 heterocycles. The standard InChI is InChI=1S/C22H28N2O2/c1-4-21(25)20-16-18(24-13-11-23(5-2)12-14-24)15-19(22(20)26-3)17-9-7-6-8-10-17/h6-10,15-16H,4-5,11-14H2,1-3H3. The molecule has 0 radical (unpaired) electrons. The molecule has 0 unspecified atom stereocenters. The van der Waals surface area contributed by atoms with E-state index in [9.17, 15) is 4.79 Å². The van der Waals surface area contributed by atoms with Crippen LogP contribution in [-0.4, -0.2) is 50.5 Å². The predicted molar refractivity (Wildman–Crippen MR) is 107 cm³/mol. The third kappa shape index (κ3) is 3.75. The molecule has 0 saturated carbocycles. The van der Waals surface area contributed by atoms with Gasteiger partial charge in [-0.1, -0.05) is 44.2 Å². The van der Waals surface area contributed by atoms with Crippen molar-refractivity contribution in [2.24, 2.45) is 0 Å². The number of ether oxygens (including phenoxy) is 1. The van der Waals surface area contributed by atoms with E-state index in [0.29, 0.717) is 17.7 Å². The van der Waals surface area contributed by atoms with E-state index < -0.39 is 0 Å². The lowest BCUT2D eigenvalue weighted by Crippen LogP contribution is -2.46. The Balaban J connectivity index is 2.07. The highest BCUT2D eigenvalue weighted by molar-refractivity contribution is 6.02. The number of anilines is 1. The van der Waals surface area contributed by atoms with Crippen molar-refractivity contribution < 1.29 is 9.53 Å². The van der Waals surface area contributed by atoms with Crippen molar-refractivity contribution in [2.75, 3.05) is 44.7 Å². The van der Waals surface area contributed by atoms with Gasteiger partial charge in [-0.05, 0) is 24.2 Å². The first-order valence-corrected chi connectivity index (χ1v) is 9.45. The molecule has 1 fully saturated rings. The highest BCUT2D eigenvalue weighted by atomic mass is 16.5. The molecule has 1 saturated heterocycles. The quantitative estimate of drug-likeness (QED) is 0.733. The van der Waals surface area contributed by atoms with E-state index in [1.54, 1.807) is 7.11 Å². The Hall–Kier alpha value is -2.33. The summed E-state index contributed by atoms with van der Waals surface area (Å²) in [5.41, 5.74) is 3.85. The summed E-state index contributed by atoms with van der Waals surface area (Å²) >= 11 is 0. The molecule has 0 spiro atoms. The fourth-order valence-electron chi connectivity index (χ4n) is 3.57. The second kappa shape index (κ2) is 8.37. The van der Waals surface area contributed by atoms with Crippen LogP contribution in [0, 0.1) is 0 Å². The fourth-order valence-corrected chi connectivity index (χ4v) is 3.57. The van der Waals surface area contributed by atoms with Crippen molar-refractivity contribution >= 4 is 11.5 Å². The summed E-state index contributed by atoms with van der Waals surface area (Å²) in [6, 6.07) is 14.3. The van der Waals surface area contributed by atoms with Crippen LogP contribution in [0.15, 0.2) is 42.5 Å². The Morgan fingerprint density at radius 1 is 1.04 bits per heavy atom. The molecule has 0 bridgehead atoms. The predicted octanol–water partition coefficient (Wildman–Crippen LogP) is 4.10. The minimum Gasteiger partial charge on any atom is -0.495 e. The number of piperazine rings is 1. The van der Waals surface area contributed by atoms with Gasteiger partial charge in [0.15, 0.2) is 5.78 Å². The molecule has 26 heavy (non-hydrogen) atoms. The lowest BCUT2D eigenvalue weighted by atomic mass is 9.97. The lowest BCUT2D eigenvalue weighted by molar-refractivity contribution is 0.0985. The van der Waals surface area contributed by atoms with Crippen LogP contribution in [-0.2, 0) is 0 Å². The SMILES string of the molecule is CCC(=O)c1cc(N2CCN(CC)CC2)cc(-c2ccccc2)c1OC. The van der Waals surface area contributed by atoms with Gasteiger partial charge < -0.3 is 14.5 Å². The molecule has 0 amide bonds. The van der Waals surface area contributed by atoms with Gasteiger partial charge in [-0.25, -0.2) is 0 Å². The van der Waals surface area contributed by atoms with E-state index in [1.807, 2.05) is 31.2 Å². The third-order valence-corrected chi connectivity index (χ3v) is 5.17. The zero-order valence-corrected chi connectivity index (χ0v) is 16.0. The minimum atomic E-state index is 0.119. The van der Waals surface area contributed by atoms with E-state index in [1.165, 1.54) is 0 Å². The van der Waals surface area contributed by atoms with Crippen LogP contribution in [0.5, 0.6) is 5.75 Å². The van der Waals surface area contributed by atoms with Crippen molar-refractivity contribution in [1.82, 2.24) is 4.90 Å². The van der Waals surface area contributed by atoms with Crippen molar-refractivity contribution in [3.05, 3.63) is 48.0 Å². The molecule has 0 aromatic heterocycles. The number of benzene rings is 2. The molecule has 0 atom stereocenters. The molecule has 0 aliphatic carbocycles. The largest absolute Gasteiger partial charge is 0.495 e. The van der Waals surface area contributed by atoms with Gasteiger partial charge in [0.2, 0.25) is 0 Å². The van der Waals surface area contributed by atoms with Crippen LogP contribution < -0.4 is 9.64 Å². The second-order valence-electron chi connectivity index (χ2n) is 6.64. The highest BCUT2D eigenvalue weighted by Crippen LogP contribution is 2.38. The number of carbonyl (C=O) groups excluding carboxylic acids is 1. The summed E-state index contributed by atoms with van der Waals surface area (Å²) < 4.78 is 5.68. The molecule has 1 aliphatic heterocycles. The van der Waals surface area contributed by atoms with Gasteiger partial charge in [0.1, 0.15) is 5.75 Å². The molecule has 3 rings (SSSR count). The number of hydrogen-bond acceptors (Lipinski definition) is 4. The van der Waals surface area contributed by atoms with Gasteiger partial charge >= 0.3 is 0 Å². The number of methoxy groups -OCH3 is 1. The Bertz CT molecular complexity index is 750. The Labute approximate surface area is 156 Å². The summed E-state index contributed by atoms with van der Waals surface area (Å²) in [5.74, 6) is 0.798. The van der Waals surface area contributed by atoms with Crippen LogP contribution >= 0.6 is 0 Å². The summed E-state index contributed by atoms with van der Waals surface area (Å²) in [7, 11) is 1.65. The molecule has 1 aliphatic rings. The van der Waals surface area contributed by atoms with Crippen molar-refractivity contribution in [3.8, 4) is 16.9 Å². The van der Waals surface area contributed by atoms with Crippen molar-refractivity contribution in [2.45, 2.75) is 20.3 Å². The molecule has 138 valence electrons. The first-order chi connectivity index (χ1) is 12.7. The second-order valence-corrected chi connectivity index (χ2v) is 6.64. The number of nitrogens with zero attached hydrogens (tertiary/aromatic N) is 2. The molecular formula is C22H28N2O2. The summed E-state index contributed by atoms with van der Waals surface area (Å²) in [6.45, 7) is 9.26. The minimum absolute atomic E-state index is 0.119. The number of carbonyl (C=O) groups is 1. The van der Waals surface area contributed by atoms with Gasteiger partial charge in [-0.3, -0.25) is 4.79 Å². The monoisotopic (exact) mass is 352 g/mol. The summed E-state index contributed by atoms with van der Waals surface area (Å²) in [4.78, 5) is 17.4. The van der Waals surface area contributed by atoms with Crippen LogP contribution in [0.25, 0.3) is 11.1 Å². The van der Waals surface area contributed by atoms with E-state index in [4.69, 9.17) is 4.74 Å². The lowest BCUT2D eigenvalue weighted by Gasteiger charge is -2.36. The highest BCUT2D eigenvalue weighted by Gasteiger charge is 2.22. The summed E-state index contributed by atoms with van der Waals surface area (Å²) in [6.07, 6.45) is 0.470. The zero-order chi connectivity index (χ0) is 18.5. The van der Waals surface area contributed by atoms with Crippen LogP contribution in [0.2, 0.25) is 0 Å². The van der Waals surface area contributed by atoms with Crippen LogP contribution in [0.1, 0.15) is 30.6 Å². The smallest absolute Gasteiger partial charge is 0.166 e. The van der Waals surface area contributed by atoms with Gasteiger partial charge in [0, 0.05) is 43.9 Å². The molecule has 4 heteroatoms. The van der Waals surface area contributed by atoms with Crippen LogP contribution in [0.3, 0.4) is 0 Å². The molecule has 4 nitrogen and oxygen atoms in total. The average molecular weight is 352 g/mol. The number of hydrogen-bond donors (Lipinski definition) is 0. The summed E-state index contributed by atoms with van der Waals surface area (Å²) in [5, 5.41) is 0. The third-order valence-electron chi connectivity index (χ3n) is 5.17. The first kappa shape index (κ1) is 18.5. The fraction of sp³-hybridized carbons (Fsp3) is 0.409. The normalized spacial score (nSPS) is 15.1. The zero-order valence-electron chi connectivity index (χ0n) is 16.0. The van der Waals surface area contributed by atoms with E-state index in [2.05, 4.69) is 34.9 Å². The molecule has 2 aromatic rings. The maximum Gasteiger partial charge on any atom is 0.166 e. The Morgan fingerprint density at radius 2 is 1.73 bits per heavy atom. The number of rotatable bonds is 6. The Kier molecular flexibility index (Phi) is 5.94. The number of Topliss-reactive ketones (excluding diaryl/α,β-unsaturated/α-hetero) is 1. The van der Waals surface area contributed by atoms with Gasteiger partial charge in [0.05, 0.1) is 12.7 Å². The van der Waals surface area contributed by atoms with E-state index >= 15 is 0 Å². The van der Waals surface area contributed by atoms with E-state index in [0.717, 1.165) is 49.5 Å². The van der Waals surface area contributed by atoms with Gasteiger partial charge in [-0.2, -0.15) is 0 Å². The van der Waals surface area contributed by atoms with Crippen molar-refractivity contribution in [3.63, 3.8) is 0 Å². The molecule has 2 aromatic carbocycles. The number of ketones is 1. The van der Waals surface area contributed by atoms with E-state index in [-0.39, 0.29) is 5.78 Å².